The predicted octanol–water partition coefficient (Wildman–Crippen LogP) is -0.297. The van der Waals surface area contributed by atoms with E-state index in [-0.39, 0.29) is 23.5 Å². The molecule has 4 rings (SSSR count). The zero-order valence-corrected chi connectivity index (χ0v) is 20.1. The van der Waals surface area contributed by atoms with Gasteiger partial charge in [-0.2, -0.15) is 13.5 Å². The number of benzene rings is 1. The van der Waals surface area contributed by atoms with E-state index in [0.29, 0.717) is 12.3 Å². The molecule has 0 aliphatic heterocycles. The molecule has 1 aliphatic carbocycles. The zero-order valence-electron chi connectivity index (χ0n) is 19.3. The number of aliphatic hydroxyl groups is 2. The topological polar surface area (TPSA) is 192 Å². The molecule has 13 nitrogen and oxygen atoms in total. The highest BCUT2D eigenvalue weighted by atomic mass is 32.2. The standard InChI is InChI=1S/C22H26N6O7S/c1-34-15-4-2-3-13(7-15)10-28-6-5-17(27-28)20(30)16-9-24-12-25-22(16)26-18-8-14(19(29)21(18)31)11-35-36(23,32)33/h2-7,9,12,14,18-19,21,29,31H,8,10-11H2,1H3,(H2,23,32,33)(H,24,25,26)/t14-,18-,19-,21+/m1/s1. The Morgan fingerprint density at radius 1 is 1.28 bits per heavy atom. The fourth-order valence-electron chi connectivity index (χ4n) is 4.07. The molecule has 36 heavy (non-hydrogen) atoms. The minimum absolute atomic E-state index is 0.120. The molecule has 5 N–H and O–H groups in total. The van der Waals surface area contributed by atoms with Gasteiger partial charge in [-0.15, -0.1) is 0 Å². The summed E-state index contributed by atoms with van der Waals surface area (Å²) in [5.41, 5.74) is 1.23. The first-order valence-electron chi connectivity index (χ1n) is 11.0. The summed E-state index contributed by atoms with van der Waals surface area (Å²) < 4.78 is 33.5. The van der Waals surface area contributed by atoms with Gasteiger partial charge in [0, 0.05) is 18.3 Å². The van der Waals surface area contributed by atoms with Crippen molar-refractivity contribution in [3.8, 4) is 5.75 Å². The molecule has 4 atom stereocenters. The third-order valence-corrected chi connectivity index (χ3v) is 6.34. The van der Waals surface area contributed by atoms with Crippen LogP contribution in [0.2, 0.25) is 0 Å². The van der Waals surface area contributed by atoms with E-state index in [2.05, 4.69) is 24.6 Å². The number of nitrogens with two attached hydrogens (primary N) is 1. The largest absolute Gasteiger partial charge is 0.497 e. The molecule has 2 aromatic heterocycles. The van der Waals surface area contributed by atoms with E-state index in [4.69, 9.17) is 9.88 Å². The van der Waals surface area contributed by atoms with Crippen molar-refractivity contribution in [2.75, 3.05) is 19.0 Å². The maximum atomic E-state index is 13.2. The van der Waals surface area contributed by atoms with Crippen LogP contribution < -0.4 is 15.2 Å². The van der Waals surface area contributed by atoms with Crippen molar-refractivity contribution in [2.24, 2.45) is 11.1 Å². The van der Waals surface area contributed by atoms with Crippen molar-refractivity contribution < 1.29 is 32.3 Å². The van der Waals surface area contributed by atoms with Crippen LogP contribution in [0.3, 0.4) is 0 Å². The number of hydrogen-bond donors (Lipinski definition) is 4. The lowest BCUT2D eigenvalue weighted by Gasteiger charge is -2.19. The maximum absolute atomic E-state index is 13.2. The number of aliphatic hydroxyl groups excluding tert-OH is 2. The normalized spacial score (nSPS) is 21.9. The Labute approximate surface area is 207 Å². The van der Waals surface area contributed by atoms with E-state index in [1.54, 1.807) is 24.1 Å². The lowest BCUT2D eigenvalue weighted by molar-refractivity contribution is 0.00778. The van der Waals surface area contributed by atoms with Crippen molar-refractivity contribution in [3.63, 3.8) is 0 Å². The second-order valence-corrected chi connectivity index (χ2v) is 9.59. The monoisotopic (exact) mass is 518 g/mol. The summed E-state index contributed by atoms with van der Waals surface area (Å²) in [5, 5.41) is 32.9. The molecule has 1 saturated carbocycles. The molecule has 2 heterocycles. The van der Waals surface area contributed by atoms with Gasteiger partial charge in [0.05, 0.1) is 38.0 Å². The molecule has 1 fully saturated rings. The second-order valence-electron chi connectivity index (χ2n) is 8.37. The van der Waals surface area contributed by atoms with Gasteiger partial charge in [0.2, 0.25) is 5.78 Å². The summed E-state index contributed by atoms with van der Waals surface area (Å²) >= 11 is 0. The number of nitrogens with one attached hydrogen (secondary N) is 1. The minimum Gasteiger partial charge on any atom is -0.497 e. The Hall–Kier alpha value is -3.43. The van der Waals surface area contributed by atoms with Crippen LogP contribution in [0.4, 0.5) is 5.82 Å². The molecule has 14 heteroatoms. The van der Waals surface area contributed by atoms with Crippen molar-refractivity contribution in [2.45, 2.75) is 31.2 Å². The first kappa shape index (κ1) is 25.7. The van der Waals surface area contributed by atoms with Gasteiger partial charge in [-0.3, -0.25) is 13.7 Å². The average molecular weight is 519 g/mol. The smallest absolute Gasteiger partial charge is 0.333 e. The van der Waals surface area contributed by atoms with Gasteiger partial charge >= 0.3 is 10.3 Å². The molecule has 0 bridgehead atoms. The van der Waals surface area contributed by atoms with Crippen molar-refractivity contribution in [1.29, 1.82) is 0 Å². The average Bonchev–Trinajstić information content (AvgIpc) is 3.42. The van der Waals surface area contributed by atoms with Crippen molar-refractivity contribution >= 4 is 21.9 Å². The summed E-state index contributed by atoms with van der Waals surface area (Å²) in [6.07, 6.45) is 1.86. The van der Waals surface area contributed by atoms with E-state index in [9.17, 15) is 23.4 Å². The number of rotatable bonds is 10. The van der Waals surface area contributed by atoms with E-state index in [0.717, 1.165) is 5.56 Å². The van der Waals surface area contributed by atoms with E-state index < -0.39 is 46.9 Å². The first-order chi connectivity index (χ1) is 17.1. The SMILES string of the molecule is COc1cccc(Cn2ccc(C(=O)c3cncnc3N[C@@H]3C[C@H](COS(N)(=O)=O)[C@@H](O)[C@H]3O)n2)c1. The van der Waals surface area contributed by atoms with Gasteiger partial charge in [-0.1, -0.05) is 12.1 Å². The molecule has 0 radical (unpaired) electrons. The number of nitrogens with zero attached hydrogens (tertiary/aromatic N) is 4. The zero-order chi connectivity index (χ0) is 25.9. The van der Waals surface area contributed by atoms with Gasteiger partial charge in [0.15, 0.2) is 0 Å². The number of ether oxygens (including phenoxy) is 1. The first-order valence-corrected chi connectivity index (χ1v) is 12.4. The molecule has 0 saturated heterocycles. The highest BCUT2D eigenvalue weighted by Crippen LogP contribution is 2.30. The summed E-state index contributed by atoms with van der Waals surface area (Å²) in [4.78, 5) is 21.3. The highest BCUT2D eigenvalue weighted by Gasteiger charge is 2.42. The van der Waals surface area contributed by atoms with Crippen molar-refractivity contribution in [1.82, 2.24) is 19.7 Å². The highest BCUT2D eigenvalue weighted by molar-refractivity contribution is 7.84. The molecule has 0 amide bonds. The number of carbonyl (C=O) groups is 1. The summed E-state index contributed by atoms with van der Waals surface area (Å²) in [6.45, 7) is 0.0323. The maximum Gasteiger partial charge on any atom is 0.333 e. The molecular weight excluding hydrogens is 492 g/mol. The van der Waals surface area contributed by atoms with E-state index in [1.165, 1.54) is 12.5 Å². The van der Waals surface area contributed by atoms with E-state index in [1.807, 2.05) is 24.3 Å². The molecule has 0 unspecified atom stereocenters. The Morgan fingerprint density at radius 3 is 2.83 bits per heavy atom. The molecule has 1 aliphatic rings. The molecule has 3 aromatic rings. The van der Waals surface area contributed by atoms with Crippen LogP contribution in [0.5, 0.6) is 5.75 Å². The van der Waals surface area contributed by atoms with E-state index >= 15 is 0 Å². The Bertz CT molecular complexity index is 1330. The lowest BCUT2D eigenvalue weighted by Crippen LogP contribution is -2.36. The molecular formula is C22H26N6O7S. The van der Waals surface area contributed by atoms with Gasteiger partial charge < -0.3 is 20.3 Å². The van der Waals surface area contributed by atoms with Gasteiger partial charge in [0.25, 0.3) is 0 Å². The fraction of sp³-hybridized carbons (Fsp3) is 0.364. The molecule has 0 spiro atoms. The van der Waals surface area contributed by atoms with Crippen molar-refractivity contribution in [3.05, 3.63) is 65.9 Å². The Morgan fingerprint density at radius 2 is 2.08 bits per heavy atom. The summed E-state index contributed by atoms with van der Waals surface area (Å²) in [5.74, 6) is -0.291. The number of hydrogen-bond acceptors (Lipinski definition) is 11. The van der Waals surface area contributed by atoms with Gasteiger partial charge in [0.1, 0.15) is 29.7 Å². The third kappa shape index (κ3) is 6.03. The predicted molar refractivity (Wildman–Crippen MR) is 126 cm³/mol. The Kier molecular flexibility index (Phi) is 7.61. The number of methoxy groups -OCH3 is 1. The van der Waals surface area contributed by atoms with Crippen LogP contribution in [0.15, 0.2) is 49.1 Å². The number of ketones is 1. The van der Waals surface area contributed by atoms with Crippen LogP contribution in [0, 0.1) is 5.92 Å². The van der Waals surface area contributed by atoms with Crippen LogP contribution in [0.25, 0.3) is 0 Å². The van der Waals surface area contributed by atoms with Gasteiger partial charge in [-0.05, 0) is 30.2 Å². The number of carbonyl (C=O) groups excluding carboxylic acids is 1. The molecule has 1 aromatic carbocycles. The van der Waals surface area contributed by atoms with Crippen LogP contribution in [0.1, 0.15) is 28.0 Å². The lowest BCUT2D eigenvalue weighted by atomic mass is 10.1. The quantitative estimate of drug-likeness (QED) is 0.258. The minimum atomic E-state index is -4.19. The second kappa shape index (κ2) is 10.7. The van der Waals surface area contributed by atoms with Gasteiger partial charge in [-0.25, -0.2) is 15.1 Å². The fourth-order valence-corrected chi connectivity index (χ4v) is 4.43. The number of anilines is 1. The molecule has 192 valence electrons. The third-order valence-electron chi connectivity index (χ3n) is 5.88. The van der Waals surface area contributed by atoms with Crippen LogP contribution >= 0.6 is 0 Å². The van der Waals surface area contributed by atoms with Crippen LogP contribution in [-0.2, 0) is 21.0 Å². The summed E-state index contributed by atoms with van der Waals surface area (Å²) in [6, 6.07) is 8.33. The summed E-state index contributed by atoms with van der Waals surface area (Å²) in [7, 11) is -2.61. The Balaban J connectivity index is 1.47. The number of aromatic nitrogens is 4. The van der Waals surface area contributed by atoms with Crippen LogP contribution in [-0.4, -0.2) is 76.1 Å².